The summed E-state index contributed by atoms with van der Waals surface area (Å²) in [7, 11) is 0. The van der Waals surface area contributed by atoms with Crippen molar-refractivity contribution in [2.45, 2.75) is 0 Å². The number of thioether (sulfide) groups is 1. The molecular formula is C12H8ClNO2S. The molecule has 86 valence electrons. The Labute approximate surface area is 108 Å². The fourth-order valence-corrected chi connectivity index (χ4v) is 2.57. The molecule has 2 amide bonds. The highest BCUT2D eigenvalue weighted by molar-refractivity contribution is 8.18. The van der Waals surface area contributed by atoms with Crippen LogP contribution in [0, 0.1) is 0 Å². The van der Waals surface area contributed by atoms with Crippen LogP contribution in [0.15, 0.2) is 46.8 Å². The van der Waals surface area contributed by atoms with E-state index >= 15 is 0 Å². The van der Waals surface area contributed by atoms with Gasteiger partial charge in [-0.05, 0) is 17.3 Å². The topological polar surface area (TPSA) is 46.2 Å². The van der Waals surface area contributed by atoms with Gasteiger partial charge in [-0.2, -0.15) is 0 Å². The summed E-state index contributed by atoms with van der Waals surface area (Å²) in [5.74, 6) is -0.430. The van der Waals surface area contributed by atoms with E-state index in [0.29, 0.717) is 10.5 Å². The number of halogens is 1. The fraction of sp³-hybridized carbons (Fsp3) is 0. The second-order valence-electron chi connectivity index (χ2n) is 3.32. The normalized spacial score (nSPS) is 17.9. The molecular weight excluding hydrogens is 258 g/mol. The van der Waals surface area contributed by atoms with Crippen LogP contribution >= 0.6 is 23.4 Å². The molecule has 0 unspecified atom stereocenters. The Morgan fingerprint density at radius 3 is 2.35 bits per heavy atom. The van der Waals surface area contributed by atoms with Crippen LogP contribution in [0.3, 0.4) is 0 Å². The van der Waals surface area contributed by atoms with Gasteiger partial charge in [0.2, 0.25) is 0 Å². The van der Waals surface area contributed by atoms with Crippen LogP contribution in [0.25, 0.3) is 5.57 Å². The van der Waals surface area contributed by atoms with E-state index in [4.69, 9.17) is 11.6 Å². The number of carbonyl (C=O) groups excluding carboxylic acids is 2. The molecule has 1 fully saturated rings. The van der Waals surface area contributed by atoms with Gasteiger partial charge in [0.25, 0.3) is 11.1 Å². The smallest absolute Gasteiger partial charge is 0.282 e. The summed E-state index contributed by atoms with van der Waals surface area (Å²) < 4.78 is 0. The highest BCUT2D eigenvalue weighted by Gasteiger charge is 2.29. The Morgan fingerprint density at radius 2 is 1.88 bits per heavy atom. The zero-order valence-corrected chi connectivity index (χ0v) is 10.3. The number of hydrogen-bond donors (Lipinski definition) is 1. The lowest BCUT2D eigenvalue weighted by Crippen LogP contribution is -2.18. The molecule has 1 saturated heterocycles. The Morgan fingerprint density at radius 1 is 1.24 bits per heavy atom. The Balaban J connectivity index is 2.57. The van der Waals surface area contributed by atoms with E-state index in [0.717, 1.165) is 17.3 Å². The molecule has 0 radical (unpaired) electrons. The minimum Gasteiger partial charge on any atom is -0.282 e. The second-order valence-corrected chi connectivity index (χ2v) is 4.76. The van der Waals surface area contributed by atoms with Crippen LogP contribution in [0.4, 0.5) is 4.79 Å². The number of imide groups is 1. The molecule has 0 atom stereocenters. The van der Waals surface area contributed by atoms with Gasteiger partial charge in [0.05, 0.1) is 4.91 Å². The van der Waals surface area contributed by atoms with Crippen LogP contribution in [-0.2, 0) is 4.79 Å². The van der Waals surface area contributed by atoms with Gasteiger partial charge in [0.1, 0.15) is 0 Å². The van der Waals surface area contributed by atoms with Crippen LogP contribution in [0.5, 0.6) is 0 Å². The molecule has 1 aromatic carbocycles. The molecule has 1 aliphatic heterocycles. The van der Waals surface area contributed by atoms with E-state index in [2.05, 4.69) is 11.9 Å². The van der Waals surface area contributed by atoms with Crippen LogP contribution in [-0.4, -0.2) is 11.1 Å². The van der Waals surface area contributed by atoms with E-state index in [1.807, 2.05) is 30.3 Å². The number of carbonyl (C=O) groups is 2. The summed E-state index contributed by atoms with van der Waals surface area (Å²) in [4.78, 5) is 23.0. The summed E-state index contributed by atoms with van der Waals surface area (Å²) >= 11 is 6.75. The maximum absolute atomic E-state index is 11.6. The molecule has 0 aromatic heterocycles. The summed E-state index contributed by atoms with van der Waals surface area (Å²) in [6, 6.07) is 9.14. The first kappa shape index (κ1) is 12.0. The van der Waals surface area contributed by atoms with Crippen molar-refractivity contribution in [2.75, 3.05) is 0 Å². The molecule has 1 aromatic rings. The third-order valence-electron chi connectivity index (χ3n) is 2.18. The van der Waals surface area contributed by atoms with Crippen LogP contribution in [0.1, 0.15) is 5.56 Å². The van der Waals surface area contributed by atoms with E-state index in [1.165, 1.54) is 0 Å². The van der Waals surface area contributed by atoms with Gasteiger partial charge in [-0.15, -0.1) is 0 Å². The molecule has 1 N–H and O–H groups in total. The zero-order chi connectivity index (χ0) is 12.4. The number of benzene rings is 1. The third-order valence-corrected chi connectivity index (χ3v) is 3.25. The van der Waals surface area contributed by atoms with Crippen molar-refractivity contribution >= 4 is 40.1 Å². The van der Waals surface area contributed by atoms with Crippen molar-refractivity contribution in [2.24, 2.45) is 0 Å². The van der Waals surface area contributed by atoms with Gasteiger partial charge < -0.3 is 0 Å². The highest BCUT2D eigenvalue weighted by Crippen LogP contribution is 2.36. The minimum atomic E-state index is -0.430. The SMILES string of the molecule is C=C(Cl)/C(=C1\SC(=O)NC1=O)c1ccccc1. The summed E-state index contributed by atoms with van der Waals surface area (Å²) in [6.07, 6.45) is 0. The molecule has 1 aliphatic rings. The quantitative estimate of drug-likeness (QED) is 0.836. The largest absolute Gasteiger partial charge is 0.290 e. The maximum atomic E-state index is 11.6. The van der Waals surface area contributed by atoms with Crippen molar-refractivity contribution in [1.82, 2.24) is 5.32 Å². The van der Waals surface area contributed by atoms with Gasteiger partial charge in [0.15, 0.2) is 0 Å². The number of allylic oxidation sites excluding steroid dienone is 2. The molecule has 2 rings (SSSR count). The monoisotopic (exact) mass is 265 g/mol. The maximum Gasteiger partial charge on any atom is 0.290 e. The molecule has 17 heavy (non-hydrogen) atoms. The van der Waals surface area contributed by atoms with Crippen LogP contribution in [0.2, 0.25) is 0 Å². The van der Waals surface area contributed by atoms with Gasteiger partial charge >= 0.3 is 0 Å². The van der Waals surface area contributed by atoms with Gasteiger partial charge in [0, 0.05) is 10.6 Å². The molecule has 3 nitrogen and oxygen atoms in total. The predicted molar refractivity (Wildman–Crippen MR) is 69.5 cm³/mol. The highest BCUT2D eigenvalue weighted by atomic mass is 35.5. The standard InChI is InChI=1S/C12H8ClNO2S/c1-7(13)9(8-5-3-2-4-6-8)10-11(15)14-12(16)17-10/h2-6H,1H2,(H,14,15,16)/b10-9+. The van der Waals surface area contributed by atoms with E-state index in [-0.39, 0.29) is 5.03 Å². The Bertz CT molecular complexity index is 537. The number of amides is 2. The van der Waals surface area contributed by atoms with Gasteiger partial charge in [-0.1, -0.05) is 48.5 Å². The number of rotatable bonds is 2. The molecule has 0 bridgehead atoms. The van der Waals surface area contributed by atoms with Crippen molar-refractivity contribution in [3.63, 3.8) is 0 Å². The van der Waals surface area contributed by atoms with Crippen molar-refractivity contribution in [1.29, 1.82) is 0 Å². The van der Waals surface area contributed by atoms with E-state index in [9.17, 15) is 9.59 Å². The second kappa shape index (κ2) is 4.77. The first-order valence-corrected chi connectivity index (χ1v) is 5.96. The zero-order valence-electron chi connectivity index (χ0n) is 8.70. The summed E-state index contributed by atoms with van der Waals surface area (Å²) in [5.41, 5.74) is 1.26. The average Bonchev–Trinajstić information content (AvgIpc) is 2.59. The molecule has 0 saturated carbocycles. The van der Waals surface area contributed by atoms with Crippen molar-refractivity contribution in [3.05, 3.63) is 52.4 Å². The minimum absolute atomic E-state index is 0.239. The number of nitrogens with one attached hydrogen (secondary N) is 1. The van der Waals surface area contributed by atoms with Crippen LogP contribution < -0.4 is 5.32 Å². The third kappa shape index (κ3) is 2.43. The van der Waals surface area contributed by atoms with Gasteiger partial charge in [-0.25, -0.2) is 0 Å². The first-order valence-electron chi connectivity index (χ1n) is 4.77. The molecule has 0 spiro atoms. The van der Waals surface area contributed by atoms with Crippen molar-refractivity contribution in [3.8, 4) is 0 Å². The fourth-order valence-electron chi connectivity index (χ4n) is 1.49. The molecule has 0 aliphatic carbocycles. The lowest BCUT2D eigenvalue weighted by atomic mass is 10.1. The lowest BCUT2D eigenvalue weighted by Gasteiger charge is -2.07. The van der Waals surface area contributed by atoms with Crippen molar-refractivity contribution < 1.29 is 9.59 Å². The molecule has 5 heteroatoms. The predicted octanol–water partition coefficient (Wildman–Crippen LogP) is 3.13. The Kier molecular flexibility index (Phi) is 3.36. The first-order chi connectivity index (χ1) is 8.09. The van der Waals surface area contributed by atoms with Gasteiger partial charge in [-0.3, -0.25) is 14.9 Å². The average molecular weight is 266 g/mol. The summed E-state index contributed by atoms with van der Waals surface area (Å²) in [6.45, 7) is 3.64. The number of hydrogen-bond acceptors (Lipinski definition) is 3. The molecule has 1 heterocycles. The lowest BCUT2D eigenvalue weighted by molar-refractivity contribution is -0.115. The van der Waals surface area contributed by atoms with E-state index in [1.54, 1.807) is 0 Å². The Hall–Kier alpha value is -1.52. The van der Waals surface area contributed by atoms with E-state index < -0.39 is 11.1 Å². The summed E-state index contributed by atoms with van der Waals surface area (Å²) in [5, 5.41) is 2.05.